The number of hydrogen-bond acceptors (Lipinski definition) is 2. The fourth-order valence-corrected chi connectivity index (χ4v) is 4.91. The highest BCUT2D eigenvalue weighted by Crippen LogP contribution is 2.38. The number of amides is 3. The third kappa shape index (κ3) is 7.49. The van der Waals surface area contributed by atoms with E-state index in [0.29, 0.717) is 37.9 Å². The first-order valence-electron chi connectivity index (χ1n) is 13.6. The number of nitrogens with zero attached hydrogens (tertiary/aromatic N) is 2. The number of carbonyl (C=O) groups is 2. The van der Waals surface area contributed by atoms with Gasteiger partial charge in [-0.05, 0) is 54.7 Å². The van der Waals surface area contributed by atoms with Gasteiger partial charge in [0.1, 0.15) is 6.54 Å². The molecule has 4 aromatic rings. The second-order valence-corrected chi connectivity index (χ2v) is 10.5. The minimum atomic E-state index is -5.06. The van der Waals surface area contributed by atoms with Crippen LogP contribution >= 0.6 is 0 Å². The molecule has 1 saturated carbocycles. The highest BCUT2D eigenvalue weighted by molar-refractivity contribution is 5.93. The summed E-state index contributed by atoms with van der Waals surface area (Å²) < 4.78 is 80.0. The zero-order chi connectivity index (χ0) is 30.8. The summed E-state index contributed by atoms with van der Waals surface area (Å²) in [6.07, 6.45) is -6.60. The van der Waals surface area contributed by atoms with Gasteiger partial charge in [0.05, 0.1) is 11.1 Å². The van der Waals surface area contributed by atoms with Gasteiger partial charge in [-0.15, -0.1) is 0 Å². The van der Waals surface area contributed by atoms with E-state index in [9.17, 15) is 35.9 Å². The van der Waals surface area contributed by atoms with Crippen LogP contribution in [0, 0.1) is 0 Å². The van der Waals surface area contributed by atoms with Gasteiger partial charge in [-0.2, -0.15) is 26.3 Å². The molecule has 3 amide bonds. The normalized spacial score (nSPS) is 13.6. The summed E-state index contributed by atoms with van der Waals surface area (Å²) in [5.74, 6) is -0.397. The molecule has 5 rings (SSSR count). The molecular formula is C31H28F6N4O2. The number of anilines is 1. The van der Waals surface area contributed by atoms with Crippen molar-refractivity contribution in [2.45, 2.75) is 44.2 Å². The first kappa shape index (κ1) is 30.0. The Kier molecular flexibility index (Phi) is 8.38. The number of alkyl halides is 6. The lowest BCUT2D eigenvalue weighted by molar-refractivity contribution is -0.143. The molecule has 2 N–H and O–H groups in total. The van der Waals surface area contributed by atoms with Gasteiger partial charge >= 0.3 is 18.4 Å². The van der Waals surface area contributed by atoms with Crippen LogP contribution in [-0.4, -0.2) is 45.9 Å². The average molecular weight is 603 g/mol. The summed E-state index contributed by atoms with van der Waals surface area (Å²) in [6, 6.07) is 16.6. The molecule has 1 aromatic heterocycles. The lowest BCUT2D eigenvalue weighted by atomic mass is 10.1. The van der Waals surface area contributed by atoms with Crippen LogP contribution in [-0.2, 0) is 30.1 Å². The molecule has 0 saturated heterocycles. The van der Waals surface area contributed by atoms with E-state index in [1.165, 1.54) is 4.90 Å². The van der Waals surface area contributed by atoms with Crippen molar-refractivity contribution in [2.75, 3.05) is 18.4 Å². The molecule has 12 heteroatoms. The van der Waals surface area contributed by atoms with E-state index in [1.807, 2.05) is 60.8 Å². The lowest BCUT2D eigenvalue weighted by Gasteiger charge is -2.28. The highest BCUT2D eigenvalue weighted by atomic mass is 19.4. The van der Waals surface area contributed by atoms with Gasteiger partial charge in [-0.3, -0.25) is 4.79 Å². The molecule has 226 valence electrons. The van der Waals surface area contributed by atoms with Crippen molar-refractivity contribution >= 4 is 28.5 Å². The summed E-state index contributed by atoms with van der Waals surface area (Å²) >= 11 is 0. The molecule has 0 aliphatic heterocycles. The topological polar surface area (TPSA) is 68.4 Å². The van der Waals surface area contributed by atoms with Crippen molar-refractivity contribution in [2.24, 2.45) is 0 Å². The number of halogens is 6. The maximum Gasteiger partial charge on any atom is 0.416 e. The van der Waals surface area contributed by atoms with Crippen molar-refractivity contribution in [1.29, 1.82) is 0 Å². The van der Waals surface area contributed by atoms with Crippen LogP contribution in [0.1, 0.15) is 35.1 Å². The maximum absolute atomic E-state index is 13.6. The number of nitrogens with one attached hydrogen (secondary N) is 2. The molecule has 0 spiro atoms. The van der Waals surface area contributed by atoms with Crippen LogP contribution in [0.25, 0.3) is 10.9 Å². The average Bonchev–Trinajstić information content (AvgIpc) is 3.72. The molecule has 3 aromatic carbocycles. The Morgan fingerprint density at radius 3 is 2.12 bits per heavy atom. The SMILES string of the molecule is O=C(CN(C(=O)Nc1cc(C(F)(F)F)cc(C(F)(F)F)c1)C1CC1)N(CCc1c[nH]c2ccccc12)Cc1ccccc1. The Bertz CT molecular complexity index is 1560. The minimum Gasteiger partial charge on any atom is -0.361 e. The smallest absolute Gasteiger partial charge is 0.361 e. The fourth-order valence-electron chi connectivity index (χ4n) is 4.91. The number of fused-ring (bicyclic) bond motifs is 1. The number of benzene rings is 3. The van der Waals surface area contributed by atoms with Crippen molar-refractivity contribution in [3.05, 3.63) is 101 Å². The van der Waals surface area contributed by atoms with Crippen molar-refractivity contribution < 1.29 is 35.9 Å². The molecular weight excluding hydrogens is 574 g/mol. The summed E-state index contributed by atoms with van der Waals surface area (Å²) in [6.45, 7) is 0.186. The molecule has 1 fully saturated rings. The second kappa shape index (κ2) is 12.0. The quantitative estimate of drug-likeness (QED) is 0.195. The van der Waals surface area contributed by atoms with E-state index in [0.717, 1.165) is 22.0 Å². The van der Waals surface area contributed by atoms with Gasteiger partial charge in [0.2, 0.25) is 5.91 Å². The van der Waals surface area contributed by atoms with E-state index >= 15 is 0 Å². The highest BCUT2D eigenvalue weighted by Gasteiger charge is 2.38. The largest absolute Gasteiger partial charge is 0.416 e. The van der Waals surface area contributed by atoms with E-state index in [1.54, 1.807) is 4.90 Å². The predicted octanol–water partition coefficient (Wildman–Crippen LogP) is 7.47. The summed E-state index contributed by atoms with van der Waals surface area (Å²) in [5.41, 5.74) is -0.927. The van der Waals surface area contributed by atoms with Crippen molar-refractivity contribution in [3.8, 4) is 0 Å². The van der Waals surface area contributed by atoms with Crippen molar-refractivity contribution in [3.63, 3.8) is 0 Å². The third-order valence-corrected chi connectivity index (χ3v) is 7.29. The number of para-hydroxylation sites is 1. The number of aromatic nitrogens is 1. The third-order valence-electron chi connectivity index (χ3n) is 7.29. The van der Waals surface area contributed by atoms with Crippen LogP contribution in [0.5, 0.6) is 0 Å². The van der Waals surface area contributed by atoms with E-state index in [2.05, 4.69) is 10.3 Å². The first-order valence-corrected chi connectivity index (χ1v) is 13.6. The van der Waals surface area contributed by atoms with Crippen LogP contribution in [0.4, 0.5) is 36.8 Å². The Balaban J connectivity index is 1.34. The second-order valence-electron chi connectivity index (χ2n) is 10.5. The van der Waals surface area contributed by atoms with Gasteiger partial charge in [-0.1, -0.05) is 48.5 Å². The number of carbonyl (C=O) groups excluding carboxylic acids is 2. The Morgan fingerprint density at radius 2 is 1.49 bits per heavy atom. The number of hydrogen-bond donors (Lipinski definition) is 2. The summed E-state index contributed by atoms with van der Waals surface area (Å²) in [5, 5.41) is 3.19. The number of urea groups is 1. The monoisotopic (exact) mass is 602 g/mol. The fraction of sp³-hybridized carbons (Fsp3) is 0.290. The van der Waals surface area contributed by atoms with Gasteiger partial charge < -0.3 is 20.1 Å². The van der Waals surface area contributed by atoms with Crippen LogP contribution in [0.2, 0.25) is 0 Å². The molecule has 43 heavy (non-hydrogen) atoms. The van der Waals surface area contributed by atoms with Gasteiger partial charge in [0, 0.05) is 41.9 Å². The number of aromatic amines is 1. The molecule has 0 unspecified atom stereocenters. The summed E-state index contributed by atoms with van der Waals surface area (Å²) in [7, 11) is 0. The Hall–Kier alpha value is -4.48. The molecule has 0 atom stereocenters. The zero-order valence-corrected chi connectivity index (χ0v) is 22.8. The molecule has 0 bridgehead atoms. The molecule has 6 nitrogen and oxygen atoms in total. The van der Waals surface area contributed by atoms with Crippen LogP contribution in [0.3, 0.4) is 0 Å². The molecule has 1 heterocycles. The molecule has 1 aliphatic carbocycles. The maximum atomic E-state index is 13.6. The molecule has 1 aliphatic rings. The Morgan fingerprint density at radius 1 is 0.860 bits per heavy atom. The van der Waals surface area contributed by atoms with E-state index in [4.69, 9.17) is 0 Å². The number of rotatable bonds is 9. The van der Waals surface area contributed by atoms with Gasteiger partial charge in [0.15, 0.2) is 0 Å². The molecule has 0 radical (unpaired) electrons. The van der Waals surface area contributed by atoms with Crippen LogP contribution < -0.4 is 5.32 Å². The van der Waals surface area contributed by atoms with Crippen molar-refractivity contribution in [1.82, 2.24) is 14.8 Å². The van der Waals surface area contributed by atoms with Gasteiger partial charge in [-0.25, -0.2) is 4.79 Å². The van der Waals surface area contributed by atoms with E-state index < -0.39 is 41.1 Å². The number of H-pyrrole nitrogens is 1. The first-order chi connectivity index (χ1) is 20.4. The lowest BCUT2D eigenvalue weighted by Crippen LogP contribution is -2.45. The summed E-state index contributed by atoms with van der Waals surface area (Å²) in [4.78, 5) is 32.8. The minimum absolute atomic E-state index is 0.00694. The standard InChI is InChI=1S/C31H28F6N4O2/c32-30(33,34)22-14-23(31(35,36)37)16-24(15-22)39-29(43)41(25-10-11-25)19-28(42)40(18-20-6-2-1-3-7-20)13-12-21-17-38-27-9-5-4-8-26(21)27/h1-9,14-17,25,38H,10-13,18-19H2,(H,39,43). The zero-order valence-electron chi connectivity index (χ0n) is 22.8. The van der Waals surface area contributed by atoms with E-state index in [-0.39, 0.29) is 25.2 Å². The predicted molar refractivity (Wildman–Crippen MR) is 149 cm³/mol. The van der Waals surface area contributed by atoms with Gasteiger partial charge in [0.25, 0.3) is 0 Å². The van der Waals surface area contributed by atoms with Crippen LogP contribution in [0.15, 0.2) is 79.0 Å². The Labute approximate surface area is 243 Å².